The first-order chi connectivity index (χ1) is 9.99. The van der Waals surface area contributed by atoms with E-state index in [0.717, 1.165) is 25.9 Å². The Kier molecular flexibility index (Phi) is 4.88. The van der Waals surface area contributed by atoms with Crippen LogP contribution in [0, 0.1) is 5.41 Å². The third kappa shape index (κ3) is 3.56. The van der Waals surface area contributed by atoms with Gasteiger partial charge < -0.3 is 10.2 Å². The van der Waals surface area contributed by atoms with E-state index in [1.54, 1.807) is 0 Å². The molecule has 0 spiro atoms. The first-order valence-corrected chi connectivity index (χ1v) is 7.77. The number of nitrogens with zero attached hydrogens (tertiary/aromatic N) is 1. The Morgan fingerprint density at radius 1 is 1.19 bits per heavy atom. The van der Waals surface area contributed by atoms with Gasteiger partial charge in [-0.2, -0.15) is 0 Å². The summed E-state index contributed by atoms with van der Waals surface area (Å²) < 4.78 is 0. The number of hydrogen-bond donors (Lipinski definition) is 2. The molecule has 1 heterocycles. The van der Waals surface area contributed by atoms with E-state index >= 15 is 0 Å². The van der Waals surface area contributed by atoms with Gasteiger partial charge in [0.05, 0.1) is 12.1 Å². The second-order valence-corrected chi connectivity index (χ2v) is 6.11. The third-order valence-electron chi connectivity index (χ3n) is 5.07. The van der Waals surface area contributed by atoms with E-state index in [1.807, 2.05) is 0 Å². The minimum atomic E-state index is -0.145. The van der Waals surface area contributed by atoms with Crippen LogP contribution in [0.15, 0.2) is 18.2 Å². The van der Waals surface area contributed by atoms with Crippen LogP contribution in [-0.4, -0.2) is 40.5 Å². The molecule has 4 heteroatoms. The van der Waals surface area contributed by atoms with E-state index in [-0.39, 0.29) is 22.8 Å². The summed E-state index contributed by atoms with van der Waals surface area (Å²) >= 11 is 0. The van der Waals surface area contributed by atoms with Crippen molar-refractivity contribution >= 4 is 5.78 Å². The molecular formula is C17H25NO3. The number of hydrogen-bond acceptors (Lipinski definition) is 4. The molecular weight excluding hydrogens is 266 g/mol. The zero-order chi connectivity index (χ0) is 15.5. The van der Waals surface area contributed by atoms with E-state index in [1.165, 1.54) is 31.0 Å². The fourth-order valence-electron chi connectivity index (χ4n) is 3.19. The molecule has 21 heavy (non-hydrogen) atoms. The van der Waals surface area contributed by atoms with Crippen LogP contribution in [0.3, 0.4) is 0 Å². The van der Waals surface area contributed by atoms with Crippen LogP contribution >= 0.6 is 0 Å². The number of Topliss-reactive ketones (excluding diaryl/α,β-unsaturated/α-hetero) is 1. The highest BCUT2D eigenvalue weighted by Gasteiger charge is 2.31. The lowest BCUT2D eigenvalue weighted by molar-refractivity contribution is 0.0754. The van der Waals surface area contributed by atoms with Crippen LogP contribution in [-0.2, 0) is 0 Å². The average Bonchev–Trinajstić information content (AvgIpc) is 2.48. The summed E-state index contributed by atoms with van der Waals surface area (Å²) in [4.78, 5) is 14.4. The van der Waals surface area contributed by atoms with Gasteiger partial charge in [-0.25, -0.2) is 0 Å². The van der Waals surface area contributed by atoms with Crippen molar-refractivity contribution < 1.29 is 15.0 Å². The summed E-state index contributed by atoms with van der Waals surface area (Å²) in [5.41, 5.74) is 0.732. The van der Waals surface area contributed by atoms with Crippen molar-refractivity contribution in [1.82, 2.24) is 4.90 Å². The number of likely N-dealkylation sites (tertiary alicyclic amines) is 1. The lowest BCUT2D eigenvalue weighted by Crippen LogP contribution is -2.41. The summed E-state index contributed by atoms with van der Waals surface area (Å²) in [5, 5.41) is 19.0. The maximum Gasteiger partial charge on any atom is 0.180 e. The largest absolute Gasteiger partial charge is 0.508 e. The van der Waals surface area contributed by atoms with Gasteiger partial charge >= 0.3 is 0 Å². The van der Waals surface area contributed by atoms with Gasteiger partial charge in [0.2, 0.25) is 0 Å². The molecule has 1 fully saturated rings. The number of aromatic hydroxyl groups is 2. The molecule has 0 amide bonds. The number of ketones is 1. The van der Waals surface area contributed by atoms with Gasteiger partial charge in [0, 0.05) is 6.07 Å². The minimum absolute atomic E-state index is 0.0299. The quantitative estimate of drug-likeness (QED) is 0.818. The number of benzene rings is 1. The molecule has 0 saturated carbocycles. The fraction of sp³-hybridized carbons (Fsp3) is 0.588. The van der Waals surface area contributed by atoms with E-state index in [9.17, 15) is 15.0 Å². The predicted octanol–water partition coefficient (Wildman–Crippen LogP) is 3.18. The van der Waals surface area contributed by atoms with Gasteiger partial charge in [-0.05, 0) is 43.5 Å². The van der Waals surface area contributed by atoms with Gasteiger partial charge in [0.1, 0.15) is 11.5 Å². The van der Waals surface area contributed by atoms with Gasteiger partial charge in [0.25, 0.3) is 0 Å². The molecule has 116 valence electrons. The molecule has 1 aliphatic rings. The molecule has 1 aliphatic heterocycles. The number of carbonyl (C=O) groups excluding carboxylic acids is 1. The summed E-state index contributed by atoms with van der Waals surface area (Å²) in [6.07, 6.45) is 4.66. The molecule has 2 N–H and O–H groups in total. The van der Waals surface area contributed by atoms with Crippen molar-refractivity contribution in [1.29, 1.82) is 0 Å². The predicted molar refractivity (Wildman–Crippen MR) is 82.8 cm³/mol. The number of phenols is 2. The Labute approximate surface area is 126 Å². The Morgan fingerprint density at radius 3 is 2.33 bits per heavy atom. The van der Waals surface area contributed by atoms with Crippen molar-refractivity contribution in [3.05, 3.63) is 23.8 Å². The molecule has 1 aromatic carbocycles. The highest BCUT2D eigenvalue weighted by atomic mass is 16.3. The number of piperidine rings is 1. The fourth-order valence-corrected chi connectivity index (χ4v) is 3.19. The highest BCUT2D eigenvalue weighted by molar-refractivity contribution is 6.00. The topological polar surface area (TPSA) is 60.8 Å². The van der Waals surface area contributed by atoms with Crippen molar-refractivity contribution in [2.75, 3.05) is 19.6 Å². The van der Waals surface area contributed by atoms with Gasteiger partial charge in [-0.15, -0.1) is 0 Å². The monoisotopic (exact) mass is 291 g/mol. The van der Waals surface area contributed by atoms with Crippen LogP contribution < -0.4 is 0 Å². The van der Waals surface area contributed by atoms with Crippen LogP contribution in [0.1, 0.15) is 49.9 Å². The van der Waals surface area contributed by atoms with E-state index < -0.39 is 0 Å². The maximum atomic E-state index is 12.3. The SMILES string of the molecule is CCC1(CC)CCN(CC(=O)c2ccc(O)cc2O)CC1. The first kappa shape index (κ1) is 15.8. The summed E-state index contributed by atoms with van der Waals surface area (Å²) in [7, 11) is 0. The van der Waals surface area contributed by atoms with Gasteiger partial charge in [-0.3, -0.25) is 9.69 Å². The standard InChI is InChI=1S/C17H25NO3/c1-3-17(4-2)7-9-18(10-8-17)12-16(21)14-6-5-13(19)11-15(14)20/h5-6,11,19-20H,3-4,7-10,12H2,1-2H3. The summed E-state index contributed by atoms with van der Waals surface area (Å²) in [6.45, 7) is 6.71. The average molecular weight is 291 g/mol. The number of rotatable bonds is 5. The Morgan fingerprint density at radius 2 is 1.81 bits per heavy atom. The molecule has 0 bridgehead atoms. The molecule has 1 aromatic rings. The van der Waals surface area contributed by atoms with Crippen molar-refractivity contribution in [2.45, 2.75) is 39.5 Å². The Bertz CT molecular complexity index is 499. The van der Waals surface area contributed by atoms with E-state index in [2.05, 4.69) is 18.7 Å². The first-order valence-electron chi connectivity index (χ1n) is 7.77. The van der Waals surface area contributed by atoms with E-state index in [0.29, 0.717) is 12.0 Å². The molecule has 0 aromatic heterocycles. The zero-order valence-corrected chi connectivity index (χ0v) is 12.9. The molecule has 1 saturated heterocycles. The second-order valence-electron chi connectivity index (χ2n) is 6.11. The summed E-state index contributed by atoms with van der Waals surface area (Å²) in [5.74, 6) is -0.265. The second kappa shape index (κ2) is 6.48. The number of phenolic OH excluding ortho intramolecular Hbond substituents is 2. The minimum Gasteiger partial charge on any atom is -0.508 e. The third-order valence-corrected chi connectivity index (χ3v) is 5.07. The van der Waals surface area contributed by atoms with Crippen LogP contribution in [0.5, 0.6) is 11.5 Å². The maximum absolute atomic E-state index is 12.3. The zero-order valence-electron chi connectivity index (χ0n) is 12.9. The molecule has 2 rings (SSSR count). The van der Waals surface area contributed by atoms with Crippen molar-refractivity contribution in [2.24, 2.45) is 5.41 Å². The van der Waals surface area contributed by atoms with E-state index in [4.69, 9.17) is 0 Å². The lowest BCUT2D eigenvalue weighted by Gasteiger charge is -2.40. The number of carbonyl (C=O) groups is 1. The van der Waals surface area contributed by atoms with Crippen molar-refractivity contribution in [3.8, 4) is 11.5 Å². The highest BCUT2D eigenvalue weighted by Crippen LogP contribution is 2.37. The molecule has 0 radical (unpaired) electrons. The Hall–Kier alpha value is -1.55. The molecule has 4 nitrogen and oxygen atoms in total. The lowest BCUT2D eigenvalue weighted by atomic mass is 9.74. The van der Waals surface area contributed by atoms with Crippen LogP contribution in [0.25, 0.3) is 0 Å². The van der Waals surface area contributed by atoms with Gasteiger partial charge in [0.15, 0.2) is 5.78 Å². The molecule has 0 unspecified atom stereocenters. The smallest absolute Gasteiger partial charge is 0.180 e. The van der Waals surface area contributed by atoms with Crippen molar-refractivity contribution in [3.63, 3.8) is 0 Å². The Balaban J connectivity index is 1.96. The summed E-state index contributed by atoms with van der Waals surface area (Å²) in [6, 6.07) is 4.13. The van der Waals surface area contributed by atoms with Crippen LogP contribution in [0.2, 0.25) is 0 Å². The van der Waals surface area contributed by atoms with Crippen LogP contribution in [0.4, 0.5) is 0 Å². The molecule has 0 aliphatic carbocycles. The molecule has 0 atom stereocenters. The normalized spacial score (nSPS) is 18.6. The van der Waals surface area contributed by atoms with Gasteiger partial charge in [-0.1, -0.05) is 26.7 Å².